The molecule has 0 aromatic carbocycles. The van der Waals surface area contributed by atoms with Crippen LogP contribution in [0.1, 0.15) is 20.3 Å². The Labute approximate surface area is 104 Å². The summed E-state index contributed by atoms with van der Waals surface area (Å²) in [6.45, 7) is 11.6. The average molecular weight is 240 g/mol. The summed E-state index contributed by atoms with van der Waals surface area (Å²) in [7, 11) is 0. The van der Waals surface area contributed by atoms with Crippen molar-refractivity contribution >= 4 is 5.91 Å². The summed E-state index contributed by atoms with van der Waals surface area (Å²) in [4.78, 5) is 16.0. The molecule has 17 heavy (non-hydrogen) atoms. The zero-order chi connectivity index (χ0) is 12.8. The minimum atomic E-state index is 0.161. The summed E-state index contributed by atoms with van der Waals surface area (Å²) < 4.78 is 0. The van der Waals surface area contributed by atoms with Crippen LogP contribution in [0.4, 0.5) is 0 Å². The number of aliphatic hydroxyl groups is 1. The molecule has 0 aliphatic carbocycles. The van der Waals surface area contributed by atoms with Crippen LogP contribution >= 0.6 is 0 Å². The molecule has 1 saturated heterocycles. The Kier molecular flexibility index (Phi) is 5.65. The fourth-order valence-electron chi connectivity index (χ4n) is 2.20. The quantitative estimate of drug-likeness (QED) is 0.696. The number of aliphatic hydroxyl groups excluding tert-OH is 1. The summed E-state index contributed by atoms with van der Waals surface area (Å²) >= 11 is 0. The molecule has 98 valence electrons. The van der Waals surface area contributed by atoms with E-state index in [0.29, 0.717) is 19.0 Å². The van der Waals surface area contributed by atoms with Crippen molar-refractivity contribution < 1.29 is 9.90 Å². The number of hydrogen-bond acceptors (Lipinski definition) is 3. The van der Waals surface area contributed by atoms with Crippen molar-refractivity contribution in [2.75, 3.05) is 39.3 Å². The number of amides is 1. The first-order valence-electron chi connectivity index (χ1n) is 6.32. The van der Waals surface area contributed by atoms with Crippen LogP contribution in [0.2, 0.25) is 0 Å². The molecule has 0 radical (unpaired) electrons. The molecule has 0 bridgehead atoms. The van der Waals surface area contributed by atoms with E-state index in [-0.39, 0.29) is 12.5 Å². The van der Waals surface area contributed by atoms with Crippen LogP contribution in [0.15, 0.2) is 12.2 Å². The molecule has 1 aliphatic rings. The molecular formula is C13H24N2O2. The topological polar surface area (TPSA) is 43.8 Å². The highest BCUT2D eigenvalue weighted by Gasteiger charge is 2.24. The van der Waals surface area contributed by atoms with E-state index in [2.05, 4.69) is 11.5 Å². The highest BCUT2D eigenvalue weighted by Crippen LogP contribution is 2.15. The normalized spacial score (nSPS) is 20.5. The van der Waals surface area contributed by atoms with E-state index in [1.54, 1.807) is 0 Å². The van der Waals surface area contributed by atoms with Gasteiger partial charge in [0.1, 0.15) is 0 Å². The first-order chi connectivity index (χ1) is 8.06. The molecule has 1 aliphatic heterocycles. The number of carbonyl (C=O) groups is 1. The summed E-state index contributed by atoms with van der Waals surface area (Å²) in [6.07, 6.45) is 0.996. The molecule has 1 N–H and O–H groups in total. The maximum Gasteiger partial charge on any atom is 0.237 e. The smallest absolute Gasteiger partial charge is 0.237 e. The Hall–Kier alpha value is -0.870. The van der Waals surface area contributed by atoms with Crippen LogP contribution in [0.3, 0.4) is 0 Å². The van der Waals surface area contributed by atoms with Crippen molar-refractivity contribution in [3.63, 3.8) is 0 Å². The third-order valence-corrected chi connectivity index (χ3v) is 3.18. The molecule has 0 spiro atoms. The molecule has 1 rings (SSSR count). The fourth-order valence-corrected chi connectivity index (χ4v) is 2.20. The lowest BCUT2D eigenvalue weighted by Gasteiger charge is -2.24. The van der Waals surface area contributed by atoms with E-state index < -0.39 is 0 Å². The van der Waals surface area contributed by atoms with E-state index in [0.717, 1.165) is 31.6 Å². The first-order valence-corrected chi connectivity index (χ1v) is 6.32. The van der Waals surface area contributed by atoms with Gasteiger partial charge >= 0.3 is 0 Å². The van der Waals surface area contributed by atoms with Gasteiger partial charge in [0.25, 0.3) is 0 Å². The number of rotatable bonds is 6. The van der Waals surface area contributed by atoms with Gasteiger partial charge < -0.3 is 10.0 Å². The molecular weight excluding hydrogens is 216 g/mol. The Morgan fingerprint density at radius 3 is 2.76 bits per heavy atom. The summed E-state index contributed by atoms with van der Waals surface area (Å²) in [5, 5.41) is 9.06. The van der Waals surface area contributed by atoms with Crippen LogP contribution < -0.4 is 0 Å². The standard InChI is InChI=1S/C13H24N2O2/c1-4-15(7-11(2)3)13(17)9-14-6-5-12(8-14)10-16/h12,16H,2,4-10H2,1,3H3. The van der Waals surface area contributed by atoms with Gasteiger partial charge in [-0.1, -0.05) is 12.2 Å². The second kappa shape index (κ2) is 6.77. The summed E-state index contributed by atoms with van der Waals surface area (Å²) in [5.41, 5.74) is 1.01. The van der Waals surface area contributed by atoms with Gasteiger partial charge in [0.2, 0.25) is 5.91 Å². The lowest BCUT2D eigenvalue weighted by atomic mass is 10.1. The number of likely N-dealkylation sites (N-methyl/N-ethyl adjacent to an activating group) is 1. The molecule has 4 nitrogen and oxygen atoms in total. The maximum atomic E-state index is 12.0. The molecule has 1 heterocycles. The van der Waals surface area contributed by atoms with E-state index in [1.165, 1.54) is 0 Å². The van der Waals surface area contributed by atoms with Gasteiger partial charge in [0.15, 0.2) is 0 Å². The van der Waals surface area contributed by atoms with Crippen LogP contribution in [-0.2, 0) is 4.79 Å². The number of carbonyl (C=O) groups excluding carboxylic acids is 1. The van der Waals surface area contributed by atoms with E-state index in [1.807, 2.05) is 18.7 Å². The maximum absolute atomic E-state index is 12.0. The predicted octanol–water partition coefficient (Wildman–Crippen LogP) is 0.725. The van der Waals surface area contributed by atoms with Crippen LogP contribution in [0.5, 0.6) is 0 Å². The lowest BCUT2D eigenvalue weighted by Crippen LogP contribution is -2.40. The van der Waals surface area contributed by atoms with Gasteiger partial charge in [-0.2, -0.15) is 0 Å². The number of likely N-dealkylation sites (tertiary alicyclic amines) is 1. The van der Waals surface area contributed by atoms with Crippen molar-refractivity contribution in [2.45, 2.75) is 20.3 Å². The minimum Gasteiger partial charge on any atom is -0.396 e. The summed E-state index contributed by atoms with van der Waals surface area (Å²) in [6, 6.07) is 0. The van der Waals surface area contributed by atoms with E-state index in [9.17, 15) is 4.79 Å². The SMILES string of the molecule is C=C(C)CN(CC)C(=O)CN1CCC(CO)C1. The second-order valence-electron chi connectivity index (χ2n) is 4.94. The molecule has 1 amide bonds. The van der Waals surface area contributed by atoms with Gasteiger partial charge in [0.05, 0.1) is 6.54 Å². The molecule has 1 atom stereocenters. The molecule has 4 heteroatoms. The zero-order valence-electron chi connectivity index (χ0n) is 11.0. The van der Waals surface area contributed by atoms with Gasteiger partial charge in [-0.25, -0.2) is 0 Å². The van der Waals surface area contributed by atoms with Gasteiger partial charge in [-0.15, -0.1) is 0 Å². The van der Waals surface area contributed by atoms with Crippen LogP contribution in [0.25, 0.3) is 0 Å². The van der Waals surface area contributed by atoms with Gasteiger partial charge in [-0.05, 0) is 32.7 Å². The van der Waals surface area contributed by atoms with Crippen molar-refractivity contribution in [3.05, 3.63) is 12.2 Å². The van der Waals surface area contributed by atoms with Crippen LogP contribution in [0, 0.1) is 5.92 Å². The molecule has 1 unspecified atom stereocenters. The Morgan fingerprint density at radius 1 is 1.59 bits per heavy atom. The molecule has 0 aromatic heterocycles. The zero-order valence-corrected chi connectivity index (χ0v) is 11.0. The minimum absolute atomic E-state index is 0.161. The van der Waals surface area contributed by atoms with Gasteiger partial charge in [0, 0.05) is 26.2 Å². The second-order valence-corrected chi connectivity index (χ2v) is 4.94. The summed E-state index contributed by atoms with van der Waals surface area (Å²) in [5.74, 6) is 0.508. The Morgan fingerprint density at radius 2 is 2.29 bits per heavy atom. The molecule has 0 saturated carbocycles. The van der Waals surface area contributed by atoms with E-state index >= 15 is 0 Å². The lowest BCUT2D eigenvalue weighted by molar-refractivity contribution is -0.131. The monoisotopic (exact) mass is 240 g/mol. The van der Waals surface area contributed by atoms with Crippen molar-refractivity contribution in [1.29, 1.82) is 0 Å². The van der Waals surface area contributed by atoms with Crippen LogP contribution in [-0.4, -0.2) is 60.1 Å². The van der Waals surface area contributed by atoms with Crippen molar-refractivity contribution in [1.82, 2.24) is 9.80 Å². The Balaban J connectivity index is 2.39. The first kappa shape index (κ1) is 14.2. The highest BCUT2D eigenvalue weighted by atomic mass is 16.3. The Bertz CT molecular complexity index is 279. The third kappa shape index (κ3) is 4.48. The van der Waals surface area contributed by atoms with E-state index in [4.69, 9.17) is 5.11 Å². The average Bonchev–Trinajstić information content (AvgIpc) is 2.73. The number of nitrogens with zero attached hydrogens (tertiary/aromatic N) is 2. The molecule has 1 fully saturated rings. The molecule has 0 aromatic rings. The van der Waals surface area contributed by atoms with Gasteiger partial charge in [-0.3, -0.25) is 9.69 Å². The fraction of sp³-hybridized carbons (Fsp3) is 0.769. The highest BCUT2D eigenvalue weighted by molar-refractivity contribution is 5.78. The predicted molar refractivity (Wildman–Crippen MR) is 68.7 cm³/mol. The third-order valence-electron chi connectivity index (χ3n) is 3.18. The largest absolute Gasteiger partial charge is 0.396 e. The van der Waals surface area contributed by atoms with Crippen molar-refractivity contribution in [2.24, 2.45) is 5.92 Å². The van der Waals surface area contributed by atoms with Crippen molar-refractivity contribution in [3.8, 4) is 0 Å². The number of hydrogen-bond donors (Lipinski definition) is 1.